The van der Waals surface area contributed by atoms with Crippen molar-refractivity contribution in [2.75, 3.05) is 43.6 Å². The summed E-state index contributed by atoms with van der Waals surface area (Å²) in [6.07, 6.45) is 0. The van der Waals surface area contributed by atoms with Gasteiger partial charge in [-0.15, -0.1) is 0 Å². The van der Waals surface area contributed by atoms with E-state index in [0.29, 0.717) is 13.2 Å². The summed E-state index contributed by atoms with van der Waals surface area (Å²) in [6, 6.07) is 20.1. The minimum atomic E-state index is -0.265. The van der Waals surface area contributed by atoms with E-state index < -0.39 is 0 Å². The second-order valence-corrected chi connectivity index (χ2v) is 7.30. The maximum absolute atomic E-state index is 13.0. The van der Waals surface area contributed by atoms with Crippen LogP contribution in [0.2, 0.25) is 0 Å². The Hall–Kier alpha value is -3.05. The van der Waals surface area contributed by atoms with Crippen LogP contribution in [0.4, 0.5) is 11.4 Å². The molecule has 0 spiro atoms. The Morgan fingerprint density at radius 3 is 2.55 bits per heavy atom. The molecular formula is C24H26N2O3. The number of hydrogen-bond acceptors (Lipinski definition) is 4. The zero-order valence-corrected chi connectivity index (χ0v) is 16.9. The minimum Gasteiger partial charge on any atom is -0.497 e. The van der Waals surface area contributed by atoms with Gasteiger partial charge in [0, 0.05) is 13.1 Å². The molecule has 1 fully saturated rings. The van der Waals surface area contributed by atoms with Crippen LogP contribution < -0.4 is 15.0 Å². The van der Waals surface area contributed by atoms with E-state index in [4.69, 9.17) is 9.47 Å². The molecule has 1 aliphatic rings. The molecule has 5 heteroatoms. The van der Waals surface area contributed by atoms with E-state index in [-0.39, 0.29) is 11.8 Å². The number of para-hydroxylation sites is 2. The van der Waals surface area contributed by atoms with Crippen molar-refractivity contribution < 1.29 is 14.3 Å². The highest BCUT2D eigenvalue weighted by atomic mass is 16.5. The number of methoxy groups -OCH3 is 1. The van der Waals surface area contributed by atoms with Gasteiger partial charge < -0.3 is 19.7 Å². The Bertz CT molecular complexity index is 1010. The zero-order chi connectivity index (χ0) is 20.2. The third-order valence-corrected chi connectivity index (χ3v) is 5.48. The van der Waals surface area contributed by atoms with E-state index in [1.807, 2.05) is 55.5 Å². The predicted molar refractivity (Wildman–Crippen MR) is 117 cm³/mol. The lowest BCUT2D eigenvalue weighted by molar-refractivity contribution is -0.117. The molecule has 5 nitrogen and oxygen atoms in total. The van der Waals surface area contributed by atoms with Gasteiger partial charge in [-0.05, 0) is 47.5 Å². The molecule has 1 saturated heterocycles. The van der Waals surface area contributed by atoms with Crippen LogP contribution in [-0.2, 0) is 9.53 Å². The fraction of sp³-hybridized carbons (Fsp3) is 0.292. The third-order valence-electron chi connectivity index (χ3n) is 5.48. The highest BCUT2D eigenvalue weighted by Gasteiger charge is 2.19. The molecule has 1 atom stereocenters. The van der Waals surface area contributed by atoms with Crippen LogP contribution in [0.5, 0.6) is 5.75 Å². The van der Waals surface area contributed by atoms with E-state index in [2.05, 4.69) is 22.3 Å². The van der Waals surface area contributed by atoms with Gasteiger partial charge in [0.25, 0.3) is 0 Å². The van der Waals surface area contributed by atoms with Crippen LogP contribution in [0.25, 0.3) is 10.8 Å². The number of fused-ring (bicyclic) bond motifs is 1. The van der Waals surface area contributed by atoms with Gasteiger partial charge in [0.15, 0.2) is 0 Å². The van der Waals surface area contributed by atoms with Crippen molar-refractivity contribution in [3.8, 4) is 5.75 Å². The fourth-order valence-electron chi connectivity index (χ4n) is 3.69. The Labute approximate surface area is 171 Å². The maximum Gasteiger partial charge on any atom is 0.231 e. The lowest BCUT2D eigenvalue weighted by Gasteiger charge is -2.30. The Balaban J connectivity index is 1.53. The van der Waals surface area contributed by atoms with Crippen molar-refractivity contribution in [3.05, 3.63) is 66.2 Å². The minimum absolute atomic E-state index is 0.0152. The molecule has 4 rings (SSSR count). The molecule has 0 saturated carbocycles. The van der Waals surface area contributed by atoms with Gasteiger partial charge >= 0.3 is 0 Å². The van der Waals surface area contributed by atoms with Crippen LogP contribution in [-0.4, -0.2) is 39.3 Å². The number of carbonyl (C=O) groups excluding carboxylic acids is 1. The molecule has 29 heavy (non-hydrogen) atoms. The normalized spacial score (nSPS) is 15.2. The van der Waals surface area contributed by atoms with Crippen molar-refractivity contribution >= 4 is 28.1 Å². The van der Waals surface area contributed by atoms with Gasteiger partial charge in [0.1, 0.15) is 5.75 Å². The van der Waals surface area contributed by atoms with E-state index >= 15 is 0 Å². The topological polar surface area (TPSA) is 50.8 Å². The summed E-state index contributed by atoms with van der Waals surface area (Å²) in [7, 11) is 1.66. The molecule has 1 heterocycles. The summed E-state index contributed by atoms with van der Waals surface area (Å²) < 4.78 is 10.7. The Kier molecular flexibility index (Phi) is 5.67. The van der Waals surface area contributed by atoms with Crippen molar-refractivity contribution in [1.82, 2.24) is 0 Å². The van der Waals surface area contributed by atoms with E-state index in [9.17, 15) is 4.79 Å². The molecule has 3 aromatic carbocycles. The zero-order valence-electron chi connectivity index (χ0n) is 16.9. The van der Waals surface area contributed by atoms with Crippen LogP contribution >= 0.6 is 0 Å². The van der Waals surface area contributed by atoms with Crippen LogP contribution in [0, 0.1) is 0 Å². The Morgan fingerprint density at radius 2 is 1.76 bits per heavy atom. The summed E-state index contributed by atoms with van der Waals surface area (Å²) in [5, 5.41) is 5.32. The highest BCUT2D eigenvalue weighted by molar-refractivity contribution is 5.99. The van der Waals surface area contributed by atoms with E-state index in [1.165, 1.54) is 0 Å². The van der Waals surface area contributed by atoms with Crippen LogP contribution in [0.1, 0.15) is 18.4 Å². The first kappa shape index (κ1) is 19.3. The number of benzene rings is 3. The number of nitrogens with one attached hydrogen (secondary N) is 1. The standard InChI is InChI=1S/C24H26N2O3/c1-17(18-7-8-20-16-21(28-2)10-9-19(20)15-18)24(27)25-22-5-3-4-6-23(22)26-11-13-29-14-12-26/h3-10,15-17H,11-14H2,1-2H3,(H,25,27)/t17-/m0/s1. The fourth-order valence-corrected chi connectivity index (χ4v) is 3.69. The van der Waals surface area contributed by atoms with Crippen LogP contribution in [0.3, 0.4) is 0 Å². The van der Waals surface area contributed by atoms with Crippen molar-refractivity contribution in [1.29, 1.82) is 0 Å². The summed E-state index contributed by atoms with van der Waals surface area (Å²) in [5.41, 5.74) is 2.88. The quantitative estimate of drug-likeness (QED) is 0.700. The number of amides is 1. The second kappa shape index (κ2) is 8.53. The smallest absolute Gasteiger partial charge is 0.231 e. The molecule has 0 radical (unpaired) electrons. The molecule has 1 N–H and O–H groups in total. The number of rotatable bonds is 5. The molecule has 3 aromatic rings. The average molecular weight is 390 g/mol. The first-order valence-electron chi connectivity index (χ1n) is 9.96. The lowest BCUT2D eigenvalue weighted by Crippen LogP contribution is -2.36. The summed E-state index contributed by atoms with van der Waals surface area (Å²) in [6.45, 7) is 5.02. The average Bonchev–Trinajstić information content (AvgIpc) is 2.78. The third kappa shape index (κ3) is 4.20. The van der Waals surface area contributed by atoms with Crippen LogP contribution in [0.15, 0.2) is 60.7 Å². The molecule has 1 aliphatic heterocycles. The summed E-state index contributed by atoms with van der Waals surface area (Å²) >= 11 is 0. The van der Waals surface area contributed by atoms with E-state index in [0.717, 1.165) is 46.5 Å². The number of hydrogen-bond donors (Lipinski definition) is 1. The monoisotopic (exact) mass is 390 g/mol. The number of morpholine rings is 1. The molecule has 0 unspecified atom stereocenters. The molecular weight excluding hydrogens is 364 g/mol. The number of anilines is 2. The van der Waals surface area contributed by atoms with Gasteiger partial charge in [-0.3, -0.25) is 4.79 Å². The van der Waals surface area contributed by atoms with Gasteiger partial charge in [0.05, 0.1) is 37.6 Å². The van der Waals surface area contributed by atoms with Gasteiger partial charge in [-0.2, -0.15) is 0 Å². The van der Waals surface area contributed by atoms with Gasteiger partial charge in [-0.1, -0.05) is 36.4 Å². The van der Waals surface area contributed by atoms with E-state index in [1.54, 1.807) is 7.11 Å². The molecule has 1 amide bonds. The molecule has 0 bridgehead atoms. The number of ether oxygens (including phenoxy) is 2. The second-order valence-electron chi connectivity index (χ2n) is 7.30. The first-order chi connectivity index (χ1) is 14.2. The van der Waals surface area contributed by atoms with Crippen molar-refractivity contribution in [2.45, 2.75) is 12.8 Å². The number of carbonyl (C=O) groups is 1. The lowest BCUT2D eigenvalue weighted by atomic mass is 9.97. The first-order valence-corrected chi connectivity index (χ1v) is 9.96. The van der Waals surface area contributed by atoms with Gasteiger partial charge in [0.2, 0.25) is 5.91 Å². The molecule has 0 aromatic heterocycles. The van der Waals surface area contributed by atoms with Crippen molar-refractivity contribution in [2.24, 2.45) is 0 Å². The summed E-state index contributed by atoms with van der Waals surface area (Å²) in [5.74, 6) is 0.550. The molecule has 150 valence electrons. The predicted octanol–water partition coefficient (Wildman–Crippen LogP) is 4.43. The highest BCUT2D eigenvalue weighted by Crippen LogP contribution is 2.29. The maximum atomic E-state index is 13.0. The summed E-state index contributed by atoms with van der Waals surface area (Å²) in [4.78, 5) is 15.3. The Morgan fingerprint density at radius 1 is 1.03 bits per heavy atom. The SMILES string of the molecule is COc1ccc2cc([C@H](C)C(=O)Nc3ccccc3N3CCOCC3)ccc2c1. The molecule has 0 aliphatic carbocycles. The van der Waals surface area contributed by atoms with Gasteiger partial charge in [-0.25, -0.2) is 0 Å². The largest absolute Gasteiger partial charge is 0.497 e. The number of nitrogens with zero attached hydrogens (tertiary/aromatic N) is 1. The van der Waals surface area contributed by atoms with Crippen molar-refractivity contribution in [3.63, 3.8) is 0 Å².